The summed E-state index contributed by atoms with van der Waals surface area (Å²) in [5, 5.41) is 0.265. The maximum absolute atomic E-state index is 12.5. The minimum absolute atomic E-state index is 0. The molecule has 1 atom stereocenters. The van der Waals surface area contributed by atoms with Crippen LogP contribution in [-0.2, 0) is 10.0 Å². The predicted molar refractivity (Wildman–Crippen MR) is 92.7 cm³/mol. The number of methoxy groups -OCH3 is 1. The number of hydrogen-bond acceptors (Lipinski definition) is 4. The topological polar surface area (TPSA) is 81.4 Å². The zero-order chi connectivity index (χ0) is 16.0. The fourth-order valence-electron chi connectivity index (χ4n) is 2.04. The van der Waals surface area contributed by atoms with Crippen molar-refractivity contribution in [2.45, 2.75) is 44.0 Å². The summed E-state index contributed by atoms with van der Waals surface area (Å²) in [7, 11) is -2.16. The van der Waals surface area contributed by atoms with Gasteiger partial charge in [-0.25, -0.2) is 13.1 Å². The second kappa shape index (κ2) is 9.57. The summed E-state index contributed by atoms with van der Waals surface area (Å²) in [6.45, 7) is 4.02. The Bertz CT molecular complexity index is 580. The normalized spacial score (nSPS) is 12.6. The molecule has 1 aromatic rings. The van der Waals surface area contributed by atoms with Gasteiger partial charge >= 0.3 is 0 Å². The fourth-order valence-corrected chi connectivity index (χ4v) is 3.88. The Kier molecular flexibility index (Phi) is 9.34. The molecule has 128 valence electrons. The summed E-state index contributed by atoms with van der Waals surface area (Å²) in [4.78, 5) is 0.156. The standard InChI is InChI=1S/C14H23ClN2O3S.ClH/c1-4-5-6-11(9-16)17-21(18,19)14-8-12(15)13(20-3)7-10(14)2;/h7-8,11,17H,4-6,9,16H2,1-3H3;1H. The van der Waals surface area contributed by atoms with Crippen LogP contribution in [0.15, 0.2) is 17.0 Å². The Morgan fingerprint density at radius 1 is 1.41 bits per heavy atom. The summed E-state index contributed by atoms with van der Waals surface area (Å²) in [5.74, 6) is 0.453. The molecule has 0 heterocycles. The molecule has 0 aromatic heterocycles. The van der Waals surface area contributed by atoms with E-state index in [-0.39, 0.29) is 34.9 Å². The number of rotatable bonds is 8. The van der Waals surface area contributed by atoms with E-state index in [1.165, 1.54) is 13.2 Å². The Hall–Kier alpha value is -0.530. The Morgan fingerprint density at radius 2 is 2.05 bits per heavy atom. The largest absolute Gasteiger partial charge is 0.495 e. The Morgan fingerprint density at radius 3 is 2.55 bits per heavy atom. The number of nitrogens with two attached hydrogens (primary N) is 1. The van der Waals surface area contributed by atoms with Crippen LogP contribution in [0.4, 0.5) is 0 Å². The van der Waals surface area contributed by atoms with Gasteiger partial charge in [0.15, 0.2) is 0 Å². The van der Waals surface area contributed by atoms with Gasteiger partial charge in [-0.2, -0.15) is 0 Å². The number of aryl methyl sites for hydroxylation is 1. The molecule has 3 N–H and O–H groups in total. The number of hydrogen-bond donors (Lipinski definition) is 2. The van der Waals surface area contributed by atoms with Gasteiger partial charge in [0.25, 0.3) is 0 Å². The molecule has 0 saturated heterocycles. The highest BCUT2D eigenvalue weighted by molar-refractivity contribution is 7.89. The van der Waals surface area contributed by atoms with Gasteiger partial charge in [-0.3, -0.25) is 0 Å². The third kappa shape index (κ3) is 5.59. The Balaban J connectivity index is 0.00000441. The number of sulfonamides is 1. The molecule has 0 saturated carbocycles. The van der Waals surface area contributed by atoms with Crippen LogP contribution >= 0.6 is 24.0 Å². The first-order chi connectivity index (χ1) is 9.85. The average Bonchev–Trinajstić information content (AvgIpc) is 2.45. The van der Waals surface area contributed by atoms with Crippen LogP contribution in [-0.4, -0.2) is 28.1 Å². The molecule has 1 unspecified atom stereocenters. The molecular formula is C14H24Cl2N2O3S. The lowest BCUT2D eigenvalue weighted by Gasteiger charge is -2.18. The van der Waals surface area contributed by atoms with E-state index in [2.05, 4.69) is 11.6 Å². The molecule has 0 fully saturated rings. The lowest BCUT2D eigenvalue weighted by molar-refractivity contribution is 0.414. The van der Waals surface area contributed by atoms with E-state index in [9.17, 15) is 8.42 Å². The van der Waals surface area contributed by atoms with Crippen molar-refractivity contribution in [1.82, 2.24) is 4.72 Å². The third-order valence-electron chi connectivity index (χ3n) is 3.25. The highest BCUT2D eigenvalue weighted by Gasteiger charge is 2.22. The molecule has 1 aromatic carbocycles. The molecule has 0 aliphatic heterocycles. The number of benzene rings is 1. The monoisotopic (exact) mass is 370 g/mol. The van der Waals surface area contributed by atoms with Gasteiger partial charge in [-0.15, -0.1) is 12.4 Å². The van der Waals surface area contributed by atoms with Crippen LogP contribution in [0.3, 0.4) is 0 Å². The molecule has 0 spiro atoms. The SMILES string of the molecule is CCCCC(CN)NS(=O)(=O)c1cc(Cl)c(OC)cc1C.Cl. The summed E-state index contributed by atoms with van der Waals surface area (Å²) in [6.07, 6.45) is 2.63. The quantitative estimate of drug-likeness (QED) is 0.736. The molecule has 5 nitrogen and oxygen atoms in total. The van der Waals surface area contributed by atoms with Crippen LogP contribution < -0.4 is 15.2 Å². The van der Waals surface area contributed by atoms with Gasteiger partial charge in [0, 0.05) is 12.6 Å². The highest BCUT2D eigenvalue weighted by Crippen LogP contribution is 2.30. The minimum atomic E-state index is -3.65. The lowest BCUT2D eigenvalue weighted by Crippen LogP contribution is -2.40. The zero-order valence-corrected chi connectivity index (χ0v) is 15.4. The zero-order valence-electron chi connectivity index (χ0n) is 13.1. The van der Waals surface area contributed by atoms with E-state index >= 15 is 0 Å². The van der Waals surface area contributed by atoms with E-state index < -0.39 is 10.0 Å². The molecule has 1 rings (SSSR count). The number of unbranched alkanes of at least 4 members (excludes halogenated alkanes) is 1. The van der Waals surface area contributed by atoms with Gasteiger partial charge in [0.05, 0.1) is 17.0 Å². The van der Waals surface area contributed by atoms with Crippen LogP contribution in [0.1, 0.15) is 31.7 Å². The van der Waals surface area contributed by atoms with Gasteiger partial charge in [-0.1, -0.05) is 31.4 Å². The van der Waals surface area contributed by atoms with Crippen molar-refractivity contribution < 1.29 is 13.2 Å². The maximum Gasteiger partial charge on any atom is 0.241 e. The van der Waals surface area contributed by atoms with E-state index in [0.717, 1.165) is 19.3 Å². The van der Waals surface area contributed by atoms with Crippen molar-refractivity contribution in [3.8, 4) is 5.75 Å². The smallest absolute Gasteiger partial charge is 0.241 e. The fraction of sp³-hybridized carbons (Fsp3) is 0.571. The molecule has 0 radical (unpaired) electrons. The van der Waals surface area contributed by atoms with Crippen molar-refractivity contribution >= 4 is 34.0 Å². The van der Waals surface area contributed by atoms with Gasteiger partial charge in [-0.05, 0) is 31.0 Å². The molecular weight excluding hydrogens is 347 g/mol. The van der Waals surface area contributed by atoms with E-state index in [4.69, 9.17) is 22.1 Å². The van der Waals surface area contributed by atoms with Gasteiger partial charge < -0.3 is 10.5 Å². The van der Waals surface area contributed by atoms with Crippen molar-refractivity contribution in [3.63, 3.8) is 0 Å². The summed E-state index contributed by atoms with van der Waals surface area (Å²) >= 11 is 6.02. The van der Waals surface area contributed by atoms with Crippen LogP contribution in [0.25, 0.3) is 0 Å². The third-order valence-corrected chi connectivity index (χ3v) is 5.21. The first kappa shape index (κ1) is 21.5. The maximum atomic E-state index is 12.5. The first-order valence-corrected chi connectivity index (χ1v) is 8.78. The van der Waals surface area contributed by atoms with Crippen LogP contribution in [0, 0.1) is 6.92 Å². The summed E-state index contributed by atoms with van der Waals surface area (Å²) in [5.41, 5.74) is 6.22. The predicted octanol–water partition coefficient (Wildman–Crippen LogP) is 2.87. The van der Waals surface area contributed by atoms with E-state index in [1.807, 2.05) is 0 Å². The van der Waals surface area contributed by atoms with Crippen molar-refractivity contribution in [1.29, 1.82) is 0 Å². The number of nitrogens with one attached hydrogen (secondary N) is 1. The van der Waals surface area contributed by atoms with Gasteiger partial charge in [0.1, 0.15) is 5.75 Å². The average molecular weight is 371 g/mol. The van der Waals surface area contributed by atoms with E-state index in [0.29, 0.717) is 11.3 Å². The molecule has 0 amide bonds. The van der Waals surface area contributed by atoms with Crippen molar-refractivity contribution in [3.05, 3.63) is 22.7 Å². The summed E-state index contributed by atoms with van der Waals surface area (Å²) < 4.78 is 32.7. The highest BCUT2D eigenvalue weighted by atomic mass is 35.5. The number of halogens is 2. The van der Waals surface area contributed by atoms with Gasteiger partial charge in [0.2, 0.25) is 10.0 Å². The van der Waals surface area contributed by atoms with Crippen molar-refractivity contribution in [2.75, 3.05) is 13.7 Å². The molecule has 0 aliphatic carbocycles. The van der Waals surface area contributed by atoms with E-state index in [1.54, 1.807) is 13.0 Å². The lowest BCUT2D eigenvalue weighted by atomic mass is 10.1. The first-order valence-electron chi connectivity index (χ1n) is 6.92. The van der Waals surface area contributed by atoms with Crippen LogP contribution in [0.2, 0.25) is 5.02 Å². The second-order valence-electron chi connectivity index (χ2n) is 4.95. The van der Waals surface area contributed by atoms with Crippen molar-refractivity contribution in [2.24, 2.45) is 5.73 Å². The molecule has 22 heavy (non-hydrogen) atoms. The molecule has 0 bridgehead atoms. The minimum Gasteiger partial charge on any atom is -0.495 e. The Labute approximate surface area is 144 Å². The van der Waals surface area contributed by atoms with Crippen LogP contribution in [0.5, 0.6) is 5.75 Å². The molecule has 8 heteroatoms. The molecule has 0 aliphatic rings. The second-order valence-corrected chi connectivity index (χ2v) is 7.04. The number of ether oxygens (including phenoxy) is 1. The summed E-state index contributed by atoms with van der Waals surface area (Å²) in [6, 6.07) is 2.75.